The number of aliphatic hydroxyl groups is 1. The Morgan fingerprint density at radius 2 is 2.00 bits per heavy atom. The fraction of sp³-hybridized carbons (Fsp3) is 0.833. The van der Waals surface area contributed by atoms with Gasteiger partial charge in [0.25, 0.3) is 0 Å². The van der Waals surface area contributed by atoms with Crippen LogP contribution in [0.15, 0.2) is 11.9 Å². The lowest BCUT2D eigenvalue weighted by Gasteiger charge is -2.16. The maximum Gasteiger partial charge on any atom is 0.380 e. The van der Waals surface area contributed by atoms with Crippen LogP contribution < -0.4 is 0 Å². The monoisotopic (exact) mass is 312 g/mol. The Morgan fingerprint density at radius 1 is 1.30 bits per heavy atom. The maximum absolute atomic E-state index is 11.9. The van der Waals surface area contributed by atoms with Crippen molar-refractivity contribution in [1.82, 2.24) is 0 Å². The number of rotatable bonds is 12. The number of hydrogen-bond donors (Lipinski definition) is 2. The third-order valence-electron chi connectivity index (χ3n) is 2.08. The van der Waals surface area contributed by atoms with Crippen molar-refractivity contribution in [3.8, 4) is 0 Å². The molecule has 0 saturated carbocycles. The first-order valence-electron chi connectivity index (χ1n) is 6.56. The predicted octanol–water partition coefficient (Wildman–Crippen LogP) is 2.41. The summed E-state index contributed by atoms with van der Waals surface area (Å²) in [5, 5.41) is 17.7. The van der Waals surface area contributed by atoms with Crippen LogP contribution in [0.2, 0.25) is 0 Å². The van der Waals surface area contributed by atoms with Gasteiger partial charge in [0, 0.05) is 12.4 Å². The van der Waals surface area contributed by atoms with Crippen molar-refractivity contribution in [3.63, 3.8) is 0 Å². The zero-order chi connectivity index (χ0) is 15.4. The second kappa shape index (κ2) is 11.4. The van der Waals surface area contributed by atoms with Crippen molar-refractivity contribution >= 4 is 7.60 Å². The first-order valence-corrected chi connectivity index (χ1v) is 8.17. The minimum absolute atomic E-state index is 0.0370. The van der Waals surface area contributed by atoms with Crippen LogP contribution in [0.3, 0.4) is 0 Å². The second-order valence-electron chi connectivity index (χ2n) is 4.37. The van der Waals surface area contributed by atoms with Crippen molar-refractivity contribution in [2.24, 2.45) is 0 Å². The van der Waals surface area contributed by atoms with Crippen LogP contribution in [0.5, 0.6) is 0 Å². The largest absolute Gasteiger partial charge is 0.391 e. The summed E-state index contributed by atoms with van der Waals surface area (Å²) >= 11 is 0. The maximum atomic E-state index is 11.9. The van der Waals surface area contributed by atoms with Crippen LogP contribution in [0.4, 0.5) is 0 Å². The second-order valence-corrected chi connectivity index (χ2v) is 6.17. The number of ether oxygens (including phenoxy) is 2. The molecule has 2 N–H and O–H groups in total. The SMILES string of the molecule is CCCOCC=CP(=O)(OO)OCC(C)OCC(C)O. The minimum Gasteiger partial charge on any atom is -0.391 e. The highest BCUT2D eigenvalue weighted by atomic mass is 31.2. The summed E-state index contributed by atoms with van der Waals surface area (Å²) in [5.41, 5.74) is 0. The Morgan fingerprint density at radius 3 is 2.55 bits per heavy atom. The third-order valence-corrected chi connectivity index (χ3v) is 3.39. The van der Waals surface area contributed by atoms with Crippen molar-refractivity contribution in [2.75, 3.05) is 26.4 Å². The molecular weight excluding hydrogens is 287 g/mol. The van der Waals surface area contributed by atoms with Crippen molar-refractivity contribution in [3.05, 3.63) is 11.9 Å². The molecule has 0 radical (unpaired) electrons. The number of aliphatic hydroxyl groups excluding tert-OH is 1. The Labute approximate surface area is 119 Å². The van der Waals surface area contributed by atoms with Crippen LogP contribution in [-0.2, 0) is 23.2 Å². The molecule has 0 rings (SSSR count). The van der Waals surface area contributed by atoms with Gasteiger partial charge < -0.3 is 19.1 Å². The lowest BCUT2D eigenvalue weighted by atomic mass is 10.4. The van der Waals surface area contributed by atoms with Gasteiger partial charge in [0.05, 0.1) is 32.0 Å². The summed E-state index contributed by atoms with van der Waals surface area (Å²) in [7, 11) is -3.70. The van der Waals surface area contributed by atoms with Crippen molar-refractivity contribution in [1.29, 1.82) is 0 Å². The summed E-state index contributed by atoms with van der Waals surface area (Å²) in [4.78, 5) is 0. The van der Waals surface area contributed by atoms with Gasteiger partial charge in [0.15, 0.2) is 0 Å². The van der Waals surface area contributed by atoms with Crippen LogP contribution in [0.25, 0.3) is 0 Å². The molecular formula is C12H25O7P. The molecule has 0 fully saturated rings. The van der Waals surface area contributed by atoms with E-state index < -0.39 is 19.8 Å². The molecule has 0 aromatic rings. The van der Waals surface area contributed by atoms with Gasteiger partial charge in [-0.3, -0.25) is 4.57 Å². The van der Waals surface area contributed by atoms with E-state index >= 15 is 0 Å². The first-order chi connectivity index (χ1) is 9.43. The molecule has 0 aromatic carbocycles. The molecule has 0 bridgehead atoms. The molecule has 0 aliphatic rings. The Kier molecular flexibility index (Phi) is 11.2. The zero-order valence-electron chi connectivity index (χ0n) is 12.2. The minimum atomic E-state index is -3.70. The van der Waals surface area contributed by atoms with E-state index in [9.17, 15) is 4.57 Å². The molecule has 0 amide bonds. The summed E-state index contributed by atoms with van der Waals surface area (Å²) in [6, 6.07) is 0. The van der Waals surface area contributed by atoms with Crippen molar-refractivity contribution in [2.45, 2.75) is 39.4 Å². The summed E-state index contributed by atoms with van der Waals surface area (Å²) < 4.78 is 31.2. The highest BCUT2D eigenvalue weighted by Crippen LogP contribution is 2.48. The van der Waals surface area contributed by atoms with Gasteiger partial charge >= 0.3 is 7.60 Å². The molecule has 0 heterocycles. The molecule has 7 nitrogen and oxygen atoms in total. The smallest absolute Gasteiger partial charge is 0.380 e. The van der Waals surface area contributed by atoms with Gasteiger partial charge in [-0.25, -0.2) is 5.26 Å². The van der Waals surface area contributed by atoms with Gasteiger partial charge in [0.2, 0.25) is 0 Å². The Hall–Kier alpha value is -0.270. The van der Waals surface area contributed by atoms with Crippen LogP contribution in [0, 0.1) is 0 Å². The highest BCUT2D eigenvalue weighted by molar-refractivity contribution is 7.57. The van der Waals surface area contributed by atoms with Crippen LogP contribution >= 0.6 is 7.60 Å². The first kappa shape index (κ1) is 19.7. The van der Waals surface area contributed by atoms with Crippen LogP contribution in [0.1, 0.15) is 27.2 Å². The molecule has 0 saturated heterocycles. The Bertz CT molecular complexity index is 306. The molecule has 3 atom stereocenters. The molecule has 3 unspecified atom stereocenters. The molecule has 8 heteroatoms. The van der Waals surface area contributed by atoms with Gasteiger partial charge in [-0.1, -0.05) is 13.0 Å². The van der Waals surface area contributed by atoms with E-state index in [2.05, 4.69) is 4.67 Å². The van der Waals surface area contributed by atoms with Crippen molar-refractivity contribution < 1.29 is 33.6 Å². The van der Waals surface area contributed by atoms with E-state index in [-0.39, 0.29) is 19.8 Å². The topological polar surface area (TPSA) is 94.5 Å². The van der Waals surface area contributed by atoms with E-state index in [1.54, 1.807) is 13.8 Å². The number of hydrogen-bond acceptors (Lipinski definition) is 7. The van der Waals surface area contributed by atoms with Gasteiger partial charge in [-0.15, -0.1) is 4.67 Å². The molecule has 0 spiro atoms. The zero-order valence-corrected chi connectivity index (χ0v) is 13.1. The normalized spacial score (nSPS) is 18.1. The molecule has 120 valence electrons. The molecule has 0 aliphatic heterocycles. The van der Waals surface area contributed by atoms with E-state index in [4.69, 9.17) is 24.4 Å². The lowest BCUT2D eigenvalue weighted by Crippen LogP contribution is -2.21. The fourth-order valence-corrected chi connectivity index (χ4v) is 2.07. The predicted molar refractivity (Wildman–Crippen MR) is 74.6 cm³/mol. The quantitative estimate of drug-likeness (QED) is 0.247. The average Bonchev–Trinajstić information content (AvgIpc) is 2.42. The molecule has 20 heavy (non-hydrogen) atoms. The molecule has 0 aliphatic carbocycles. The average molecular weight is 312 g/mol. The fourth-order valence-electron chi connectivity index (χ4n) is 1.12. The summed E-state index contributed by atoms with van der Waals surface area (Å²) in [5.74, 6) is 1.14. The lowest BCUT2D eigenvalue weighted by molar-refractivity contribution is -0.149. The summed E-state index contributed by atoms with van der Waals surface area (Å²) in [6.07, 6.45) is 1.37. The van der Waals surface area contributed by atoms with E-state index in [1.165, 1.54) is 6.08 Å². The molecule has 0 aromatic heterocycles. The van der Waals surface area contributed by atoms with E-state index in [1.807, 2.05) is 6.92 Å². The van der Waals surface area contributed by atoms with Crippen LogP contribution in [-0.4, -0.2) is 49.0 Å². The van der Waals surface area contributed by atoms with Gasteiger partial charge in [-0.05, 0) is 20.3 Å². The summed E-state index contributed by atoms with van der Waals surface area (Å²) in [6.45, 7) is 6.23. The Balaban J connectivity index is 4.07. The standard InChI is InChI=1S/C12H25O7P/c1-4-6-16-7-5-8-20(15,19-14)18-10-12(3)17-9-11(2)13/h5,8,11-14H,4,6-7,9-10H2,1-3H3. The van der Waals surface area contributed by atoms with Gasteiger partial charge in [0.1, 0.15) is 0 Å². The van der Waals surface area contributed by atoms with E-state index in [0.29, 0.717) is 6.61 Å². The van der Waals surface area contributed by atoms with Gasteiger partial charge in [-0.2, -0.15) is 0 Å². The third kappa shape index (κ3) is 10.5. The van der Waals surface area contributed by atoms with E-state index in [0.717, 1.165) is 12.2 Å². The highest BCUT2D eigenvalue weighted by Gasteiger charge is 2.22.